The van der Waals surface area contributed by atoms with Crippen LogP contribution in [0.3, 0.4) is 0 Å². The van der Waals surface area contributed by atoms with Gasteiger partial charge in [0.05, 0.1) is 19.1 Å². The maximum absolute atomic E-state index is 12.1. The van der Waals surface area contributed by atoms with Crippen molar-refractivity contribution >= 4 is 39.0 Å². The molecule has 7 nitrogen and oxygen atoms in total. The van der Waals surface area contributed by atoms with Crippen LogP contribution in [0.5, 0.6) is 11.5 Å². The Balaban J connectivity index is 2.11. The van der Waals surface area contributed by atoms with Gasteiger partial charge < -0.3 is 19.5 Å². The summed E-state index contributed by atoms with van der Waals surface area (Å²) in [6.07, 6.45) is 1.43. The molecule has 0 amide bonds. The number of nitrogens with zero attached hydrogens (tertiary/aromatic N) is 3. The molecule has 2 heterocycles. The Bertz CT molecular complexity index is 924. The summed E-state index contributed by atoms with van der Waals surface area (Å²) in [6.45, 7) is 4.55. The monoisotopic (exact) mass is 373 g/mol. The van der Waals surface area contributed by atoms with E-state index in [1.165, 1.54) is 6.33 Å². The molecule has 0 bridgehead atoms. The molecule has 0 aliphatic rings. The van der Waals surface area contributed by atoms with Crippen LogP contribution in [0.1, 0.15) is 23.5 Å². The van der Waals surface area contributed by atoms with E-state index in [0.717, 1.165) is 22.8 Å². The molecule has 0 saturated carbocycles. The zero-order valence-electron chi connectivity index (χ0n) is 14.7. The first-order chi connectivity index (χ1) is 12.6. The van der Waals surface area contributed by atoms with Crippen molar-refractivity contribution in [3.63, 3.8) is 0 Å². The average molecular weight is 373 g/mol. The third-order valence-corrected chi connectivity index (χ3v) is 4.93. The van der Waals surface area contributed by atoms with E-state index in [1.807, 2.05) is 36.1 Å². The lowest BCUT2D eigenvalue weighted by atomic mass is 10.2. The molecule has 0 unspecified atom stereocenters. The fraction of sp³-hybridized carbons (Fsp3) is 0.278. The van der Waals surface area contributed by atoms with Crippen LogP contribution in [0.2, 0.25) is 0 Å². The summed E-state index contributed by atoms with van der Waals surface area (Å²) < 4.78 is 10.2. The van der Waals surface area contributed by atoms with Crippen molar-refractivity contribution in [2.24, 2.45) is 0 Å². The SMILES string of the molecule is CCOC(=O)c1sc2ncnc(N(CC)c3ccc(OC)cc3)c2c1O. The number of carbonyl (C=O) groups excluding carboxylic acids is 1. The molecule has 0 spiro atoms. The van der Waals surface area contributed by atoms with Crippen molar-refractivity contribution in [1.82, 2.24) is 9.97 Å². The van der Waals surface area contributed by atoms with Crippen LogP contribution in [0, 0.1) is 0 Å². The lowest BCUT2D eigenvalue weighted by Gasteiger charge is -2.22. The highest BCUT2D eigenvalue weighted by molar-refractivity contribution is 7.20. The topological polar surface area (TPSA) is 84.8 Å². The molecule has 0 aliphatic heterocycles. The quantitative estimate of drug-likeness (QED) is 0.659. The summed E-state index contributed by atoms with van der Waals surface area (Å²) in [5.41, 5.74) is 0.886. The predicted octanol–water partition coefficient (Wildman–Crippen LogP) is 3.74. The predicted molar refractivity (Wildman–Crippen MR) is 101 cm³/mol. The van der Waals surface area contributed by atoms with Gasteiger partial charge in [-0.3, -0.25) is 0 Å². The molecule has 2 aromatic heterocycles. The molecule has 0 aliphatic carbocycles. The maximum Gasteiger partial charge on any atom is 0.352 e. The molecule has 3 aromatic rings. The van der Waals surface area contributed by atoms with E-state index in [4.69, 9.17) is 9.47 Å². The molecule has 0 saturated heterocycles. The Morgan fingerprint density at radius 1 is 1.23 bits per heavy atom. The zero-order chi connectivity index (χ0) is 18.7. The summed E-state index contributed by atoms with van der Waals surface area (Å²) in [6, 6.07) is 7.53. The van der Waals surface area contributed by atoms with E-state index in [9.17, 15) is 9.90 Å². The first-order valence-electron chi connectivity index (χ1n) is 8.15. The molecular formula is C18H19N3O4S. The van der Waals surface area contributed by atoms with Crippen molar-refractivity contribution in [2.75, 3.05) is 25.2 Å². The summed E-state index contributed by atoms with van der Waals surface area (Å²) in [5.74, 6) is 0.574. The van der Waals surface area contributed by atoms with Gasteiger partial charge >= 0.3 is 5.97 Å². The number of fused-ring (bicyclic) bond motifs is 1. The van der Waals surface area contributed by atoms with Gasteiger partial charge in [-0.2, -0.15) is 0 Å². The summed E-state index contributed by atoms with van der Waals surface area (Å²) in [7, 11) is 1.61. The van der Waals surface area contributed by atoms with E-state index in [0.29, 0.717) is 22.6 Å². The number of carbonyl (C=O) groups is 1. The minimum atomic E-state index is -0.563. The van der Waals surface area contributed by atoms with Gasteiger partial charge in [0.1, 0.15) is 22.7 Å². The molecule has 0 fully saturated rings. The van der Waals surface area contributed by atoms with E-state index in [2.05, 4.69) is 9.97 Å². The molecule has 3 rings (SSSR count). The van der Waals surface area contributed by atoms with Gasteiger partial charge in [-0.05, 0) is 38.1 Å². The van der Waals surface area contributed by atoms with E-state index in [1.54, 1.807) is 14.0 Å². The smallest absolute Gasteiger partial charge is 0.352 e. The highest BCUT2D eigenvalue weighted by atomic mass is 32.1. The minimum absolute atomic E-state index is 0.134. The van der Waals surface area contributed by atoms with Crippen LogP contribution in [0.15, 0.2) is 30.6 Å². The Hall–Kier alpha value is -2.87. The Labute approximate surface area is 154 Å². The first kappa shape index (κ1) is 17.9. The number of aromatic nitrogens is 2. The average Bonchev–Trinajstić information content (AvgIpc) is 3.01. The van der Waals surface area contributed by atoms with Crippen molar-refractivity contribution < 1.29 is 19.4 Å². The zero-order valence-corrected chi connectivity index (χ0v) is 15.5. The lowest BCUT2D eigenvalue weighted by Crippen LogP contribution is -2.17. The van der Waals surface area contributed by atoms with Gasteiger partial charge in [0.25, 0.3) is 0 Å². The summed E-state index contributed by atoms with van der Waals surface area (Å²) >= 11 is 1.09. The standard InChI is InChI=1S/C18H19N3O4S/c1-4-21(11-6-8-12(24-3)9-7-11)16-13-14(22)15(18(23)25-5-2)26-17(13)20-10-19-16/h6-10,22H,4-5H2,1-3H3. The number of aromatic hydroxyl groups is 1. The van der Waals surface area contributed by atoms with Gasteiger partial charge in [-0.25, -0.2) is 14.8 Å². The number of ether oxygens (including phenoxy) is 2. The van der Waals surface area contributed by atoms with E-state index < -0.39 is 5.97 Å². The molecule has 26 heavy (non-hydrogen) atoms. The molecular weight excluding hydrogens is 354 g/mol. The van der Waals surface area contributed by atoms with Crippen LogP contribution < -0.4 is 9.64 Å². The van der Waals surface area contributed by atoms with Crippen LogP contribution in [-0.2, 0) is 4.74 Å². The molecule has 0 atom stereocenters. The molecule has 1 N–H and O–H groups in total. The Morgan fingerprint density at radius 2 is 1.96 bits per heavy atom. The molecule has 0 radical (unpaired) electrons. The third kappa shape index (κ3) is 3.15. The highest BCUT2D eigenvalue weighted by Crippen LogP contribution is 2.42. The van der Waals surface area contributed by atoms with E-state index >= 15 is 0 Å². The molecule has 1 aromatic carbocycles. The first-order valence-corrected chi connectivity index (χ1v) is 8.97. The van der Waals surface area contributed by atoms with Gasteiger partial charge in [0.15, 0.2) is 10.6 Å². The maximum atomic E-state index is 12.1. The number of rotatable bonds is 6. The van der Waals surface area contributed by atoms with Gasteiger partial charge in [-0.15, -0.1) is 11.3 Å². The Kier molecular flexibility index (Phi) is 5.22. The number of hydrogen-bond acceptors (Lipinski definition) is 8. The number of benzene rings is 1. The van der Waals surface area contributed by atoms with Crippen molar-refractivity contribution in [1.29, 1.82) is 0 Å². The minimum Gasteiger partial charge on any atom is -0.505 e. The summed E-state index contributed by atoms with van der Waals surface area (Å²) in [5, 5.41) is 11.1. The number of esters is 1. The van der Waals surface area contributed by atoms with Gasteiger partial charge in [0, 0.05) is 12.2 Å². The summed E-state index contributed by atoms with van der Waals surface area (Å²) in [4.78, 5) is 23.2. The number of hydrogen-bond donors (Lipinski definition) is 1. The normalized spacial score (nSPS) is 10.7. The molecule has 136 valence electrons. The second kappa shape index (κ2) is 7.57. The van der Waals surface area contributed by atoms with Gasteiger partial charge in [0.2, 0.25) is 0 Å². The second-order valence-electron chi connectivity index (χ2n) is 5.32. The van der Waals surface area contributed by atoms with E-state index in [-0.39, 0.29) is 17.2 Å². The van der Waals surface area contributed by atoms with Crippen LogP contribution >= 0.6 is 11.3 Å². The van der Waals surface area contributed by atoms with Crippen molar-refractivity contribution in [3.8, 4) is 11.5 Å². The Morgan fingerprint density at radius 3 is 2.58 bits per heavy atom. The number of anilines is 2. The third-order valence-electron chi connectivity index (χ3n) is 3.86. The number of thiophene rings is 1. The number of methoxy groups -OCH3 is 1. The lowest BCUT2D eigenvalue weighted by molar-refractivity contribution is 0.0529. The second-order valence-corrected chi connectivity index (χ2v) is 6.32. The fourth-order valence-electron chi connectivity index (χ4n) is 2.66. The van der Waals surface area contributed by atoms with Crippen LogP contribution in [0.25, 0.3) is 10.2 Å². The van der Waals surface area contributed by atoms with Crippen LogP contribution in [0.4, 0.5) is 11.5 Å². The fourth-order valence-corrected chi connectivity index (χ4v) is 3.58. The van der Waals surface area contributed by atoms with Crippen molar-refractivity contribution in [3.05, 3.63) is 35.5 Å². The van der Waals surface area contributed by atoms with Crippen molar-refractivity contribution in [2.45, 2.75) is 13.8 Å². The van der Waals surface area contributed by atoms with Crippen LogP contribution in [-0.4, -0.2) is 41.3 Å². The van der Waals surface area contributed by atoms with Gasteiger partial charge in [-0.1, -0.05) is 0 Å². The largest absolute Gasteiger partial charge is 0.505 e. The highest BCUT2D eigenvalue weighted by Gasteiger charge is 2.25. The molecule has 8 heteroatoms.